The second kappa shape index (κ2) is 6.54. The van der Waals surface area contributed by atoms with Gasteiger partial charge in [-0.2, -0.15) is 0 Å². The third kappa shape index (κ3) is 2.81. The van der Waals surface area contributed by atoms with Crippen molar-refractivity contribution in [3.63, 3.8) is 0 Å². The molecule has 0 amide bonds. The Morgan fingerprint density at radius 2 is 1.71 bits per heavy atom. The fraction of sp³-hybridized carbons (Fsp3) is 0.364. The zero-order chi connectivity index (χ0) is 16.5. The lowest BCUT2D eigenvalue weighted by Crippen LogP contribution is -2.58. The maximum atomic E-state index is 3.87. The first-order valence-corrected chi connectivity index (χ1v) is 9.06. The largest absolute Gasteiger partial charge is 0.291 e. The van der Waals surface area contributed by atoms with Gasteiger partial charge in [-0.25, -0.2) is 0 Å². The van der Waals surface area contributed by atoms with Gasteiger partial charge in [-0.05, 0) is 35.0 Å². The normalized spacial score (nSPS) is 35.2. The molecule has 0 radical (unpaired) electrons. The molecule has 2 N–H and O–H groups in total. The van der Waals surface area contributed by atoms with Crippen molar-refractivity contribution >= 4 is 0 Å². The SMILES string of the molecule is CC1CC=CC=C1C1NC(c2ccccc2)NC2C1=CC=CC2C. The van der Waals surface area contributed by atoms with Gasteiger partial charge in [-0.3, -0.25) is 10.6 Å². The smallest absolute Gasteiger partial charge is 0.0847 e. The second-order valence-electron chi connectivity index (χ2n) is 7.23. The van der Waals surface area contributed by atoms with Crippen LogP contribution in [-0.2, 0) is 0 Å². The molecule has 24 heavy (non-hydrogen) atoms. The molecule has 0 spiro atoms. The summed E-state index contributed by atoms with van der Waals surface area (Å²) in [5, 5.41) is 7.70. The maximum Gasteiger partial charge on any atom is 0.0847 e. The van der Waals surface area contributed by atoms with Gasteiger partial charge in [0.25, 0.3) is 0 Å². The Hall–Kier alpha value is -1.90. The van der Waals surface area contributed by atoms with E-state index in [4.69, 9.17) is 0 Å². The number of hydrogen-bond donors (Lipinski definition) is 2. The number of fused-ring (bicyclic) bond motifs is 1. The zero-order valence-corrected chi connectivity index (χ0v) is 14.4. The van der Waals surface area contributed by atoms with Crippen LogP contribution >= 0.6 is 0 Å². The summed E-state index contributed by atoms with van der Waals surface area (Å²) >= 11 is 0. The summed E-state index contributed by atoms with van der Waals surface area (Å²) in [4.78, 5) is 0. The number of allylic oxidation sites excluding steroid dienone is 5. The minimum absolute atomic E-state index is 0.186. The lowest BCUT2D eigenvalue weighted by Gasteiger charge is -2.45. The minimum Gasteiger partial charge on any atom is -0.291 e. The minimum atomic E-state index is 0.186. The monoisotopic (exact) mass is 318 g/mol. The highest BCUT2D eigenvalue weighted by atomic mass is 15.2. The van der Waals surface area contributed by atoms with E-state index in [0.29, 0.717) is 23.9 Å². The molecule has 1 saturated heterocycles. The third-order valence-electron chi connectivity index (χ3n) is 5.55. The Labute approximate surface area is 145 Å². The Balaban J connectivity index is 1.72. The van der Waals surface area contributed by atoms with Crippen LogP contribution in [0.4, 0.5) is 0 Å². The highest BCUT2D eigenvalue weighted by Crippen LogP contribution is 2.36. The van der Waals surface area contributed by atoms with Crippen LogP contribution in [0.25, 0.3) is 0 Å². The predicted molar refractivity (Wildman–Crippen MR) is 100 cm³/mol. The van der Waals surface area contributed by atoms with Gasteiger partial charge in [0.15, 0.2) is 0 Å². The Kier molecular flexibility index (Phi) is 4.26. The standard InChI is InChI=1S/C22H26N2/c1-15-9-6-7-13-18(15)21-19-14-8-10-16(2)20(19)23-22(24-21)17-11-4-3-5-12-17/h3-8,10-16,20-24H,9H2,1-2H3. The molecule has 1 aliphatic heterocycles. The fourth-order valence-electron chi connectivity index (χ4n) is 4.14. The van der Waals surface area contributed by atoms with E-state index >= 15 is 0 Å². The van der Waals surface area contributed by atoms with Gasteiger partial charge in [-0.15, -0.1) is 0 Å². The Morgan fingerprint density at radius 3 is 2.50 bits per heavy atom. The van der Waals surface area contributed by atoms with Crippen LogP contribution in [0.1, 0.15) is 32.0 Å². The number of hydrogen-bond acceptors (Lipinski definition) is 2. The highest BCUT2D eigenvalue weighted by molar-refractivity contribution is 5.42. The zero-order valence-electron chi connectivity index (χ0n) is 14.4. The van der Waals surface area contributed by atoms with E-state index in [9.17, 15) is 0 Å². The average molecular weight is 318 g/mol. The summed E-state index contributed by atoms with van der Waals surface area (Å²) in [6.07, 6.45) is 15.0. The Morgan fingerprint density at radius 1 is 0.917 bits per heavy atom. The van der Waals surface area contributed by atoms with Crippen LogP contribution in [0.15, 0.2) is 77.9 Å². The van der Waals surface area contributed by atoms with E-state index in [2.05, 4.69) is 91.3 Å². The number of benzene rings is 1. The lowest BCUT2D eigenvalue weighted by molar-refractivity contribution is 0.287. The Bertz CT molecular complexity index is 711. The van der Waals surface area contributed by atoms with Crippen LogP contribution in [0.2, 0.25) is 0 Å². The molecule has 2 heteroatoms. The van der Waals surface area contributed by atoms with Gasteiger partial charge in [0.05, 0.1) is 12.2 Å². The molecule has 2 nitrogen and oxygen atoms in total. The molecule has 0 aromatic heterocycles. The van der Waals surface area contributed by atoms with Gasteiger partial charge < -0.3 is 0 Å². The molecule has 5 atom stereocenters. The van der Waals surface area contributed by atoms with E-state index in [1.807, 2.05) is 0 Å². The molecule has 1 fully saturated rings. The van der Waals surface area contributed by atoms with Gasteiger partial charge in [-0.1, -0.05) is 80.6 Å². The molecule has 1 heterocycles. The van der Waals surface area contributed by atoms with Crippen LogP contribution in [0.5, 0.6) is 0 Å². The van der Waals surface area contributed by atoms with Crippen molar-refractivity contribution in [2.75, 3.05) is 0 Å². The summed E-state index contributed by atoms with van der Waals surface area (Å²) in [6, 6.07) is 11.4. The molecule has 0 saturated carbocycles. The molecule has 3 aliphatic rings. The molecule has 2 aliphatic carbocycles. The van der Waals surface area contributed by atoms with Crippen molar-refractivity contribution in [1.29, 1.82) is 0 Å². The van der Waals surface area contributed by atoms with Crippen LogP contribution in [0.3, 0.4) is 0 Å². The first-order chi connectivity index (χ1) is 11.7. The predicted octanol–water partition coefficient (Wildman–Crippen LogP) is 4.27. The maximum absolute atomic E-state index is 3.87. The summed E-state index contributed by atoms with van der Waals surface area (Å²) < 4.78 is 0. The quantitative estimate of drug-likeness (QED) is 0.851. The second-order valence-corrected chi connectivity index (χ2v) is 7.23. The van der Waals surface area contributed by atoms with Gasteiger partial charge >= 0.3 is 0 Å². The van der Waals surface area contributed by atoms with Gasteiger partial charge in [0, 0.05) is 6.04 Å². The van der Waals surface area contributed by atoms with Crippen LogP contribution < -0.4 is 10.6 Å². The summed E-state index contributed by atoms with van der Waals surface area (Å²) in [7, 11) is 0. The van der Waals surface area contributed by atoms with Crippen molar-refractivity contribution < 1.29 is 0 Å². The van der Waals surface area contributed by atoms with Crippen molar-refractivity contribution in [3.05, 3.63) is 83.5 Å². The molecule has 1 aromatic rings. The molecule has 4 rings (SSSR count). The van der Waals surface area contributed by atoms with Crippen LogP contribution in [0, 0.1) is 11.8 Å². The van der Waals surface area contributed by atoms with E-state index in [0.717, 1.165) is 6.42 Å². The molecular formula is C22H26N2. The van der Waals surface area contributed by atoms with Crippen molar-refractivity contribution in [2.45, 2.75) is 38.5 Å². The van der Waals surface area contributed by atoms with Crippen molar-refractivity contribution in [2.24, 2.45) is 11.8 Å². The first-order valence-electron chi connectivity index (χ1n) is 9.06. The number of nitrogens with one attached hydrogen (secondary N) is 2. The summed E-state index contributed by atoms with van der Waals surface area (Å²) in [5.74, 6) is 1.10. The van der Waals surface area contributed by atoms with E-state index < -0.39 is 0 Å². The summed E-state index contributed by atoms with van der Waals surface area (Å²) in [6.45, 7) is 4.65. The van der Waals surface area contributed by atoms with Gasteiger partial charge in [0.1, 0.15) is 0 Å². The highest BCUT2D eigenvalue weighted by Gasteiger charge is 2.38. The molecule has 0 bridgehead atoms. The lowest BCUT2D eigenvalue weighted by atomic mass is 9.76. The van der Waals surface area contributed by atoms with Crippen LogP contribution in [-0.4, -0.2) is 12.1 Å². The number of rotatable bonds is 2. The molecule has 5 unspecified atom stereocenters. The molecule has 1 aromatic carbocycles. The van der Waals surface area contributed by atoms with Gasteiger partial charge in [0.2, 0.25) is 0 Å². The van der Waals surface area contributed by atoms with E-state index in [1.54, 1.807) is 0 Å². The van der Waals surface area contributed by atoms with E-state index in [-0.39, 0.29) is 6.17 Å². The third-order valence-corrected chi connectivity index (χ3v) is 5.55. The molecular weight excluding hydrogens is 292 g/mol. The van der Waals surface area contributed by atoms with Crippen molar-refractivity contribution in [3.8, 4) is 0 Å². The average Bonchev–Trinajstić information content (AvgIpc) is 2.63. The first kappa shape index (κ1) is 15.6. The molecule has 124 valence electrons. The fourth-order valence-corrected chi connectivity index (χ4v) is 4.14. The van der Waals surface area contributed by atoms with E-state index in [1.165, 1.54) is 16.7 Å². The van der Waals surface area contributed by atoms with Crippen molar-refractivity contribution in [1.82, 2.24) is 10.6 Å². The summed E-state index contributed by atoms with van der Waals surface area (Å²) in [5.41, 5.74) is 4.30. The topological polar surface area (TPSA) is 24.1 Å².